The van der Waals surface area contributed by atoms with Crippen LogP contribution in [0.4, 0.5) is 5.69 Å². The molecular formula is C27H24ClNO4. The molecule has 1 N–H and O–H groups in total. The van der Waals surface area contributed by atoms with E-state index < -0.39 is 17.7 Å². The number of halogens is 1. The number of carbonyl (C=O) groups excluding carboxylic acids is 2. The number of hydrogen-bond donors (Lipinski definition) is 1. The first-order valence-electron chi connectivity index (χ1n) is 10.7. The number of hydrogen-bond acceptors (Lipinski definition) is 4. The first-order valence-corrected chi connectivity index (χ1v) is 11.1. The molecular weight excluding hydrogens is 438 g/mol. The quantitative estimate of drug-likeness (QED) is 0.288. The molecule has 0 aromatic heterocycles. The molecule has 0 bridgehead atoms. The molecule has 1 heterocycles. The number of anilines is 1. The van der Waals surface area contributed by atoms with Crippen LogP contribution >= 0.6 is 11.6 Å². The number of Topliss-reactive ketones (excluding diaryl/α,β-unsaturated/α-hetero) is 1. The van der Waals surface area contributed by atoms with Crippen molar-refractivity contribution in [3.63, 3.8) is 0 Å². The molecule has 4 rings (SSSR count). The minimum Gasteiger partial charge on any atom is -0.507 e. The van der Waals surface area contributed by atoms with Crippen LogP contribution in [0.25, 0.3) is 5.76 Å². The summed E-state index contributed by atoms with van der Waals surface area (Å²) in [6.45, 7) is 6.13. The van der Waals surface area contributed by atoms with Crippen molar-refractivity contribution in [1.29, 1.82) is 0 Å². The van der Waals surface area contributed by atoms with Crippen molar-refractivity contribution < 1.29 is 19.4 Å². The van der Waals surface area contributed by atoms with Crippen LogP contribution in [0.5, 0.6) is 5.75 Å². The fourth-order valence-corrected chi connectivity index (χ4v) is 4.33. The van der Waals surface area contributed by atoms with E-state index in [1.54, 1.807) is 24.3 Å². The van der Waals surface area contributed by atoms with Crippen molar-refractivity contribution in [2.75, 3.05) is 11.5 Å². The van der Waals surface area contributed by atoms with Gasteiger partial charge in [-0.15, -0.1) is 0 Å². The van der Waals surface area contributed by atoms with Crippen molar-refractivity contribution in [2.45, 2.75) is 26.8 Å². The van der Waals surface area contributed by atoms with Gasteiger partial charge in [0.1, 0.15) is 11.5 Å². The second-order valence-electron chi connectivity index (χ2n) is 8.00. The van der Waals surface area contributed by atoms with E-state index in [0.29, 0.717) is 23.6 Å². The average Bonchev–Trinajstić information content (AvgIpc) is 3.05. The van der Waals surface area contributed by atoms with Crippen LogP contribution in [-0.2, 0) is 9.59 Å². The normalized spacial score (nSPS) is 17.5. The van der Waals surface area contributed by atoms with Crippen molar-refractivity contribution in [3.05, 3.63) is 99.6 Å². The summed E-state index contributed by atoms with van der Waals surface area (Å²) in [6.07, 6.45) is 0. The number of aryl methyl sites for hydroxylation is 2. The van der Waals surface area contributed by atoms with Crippen LogP contribution in [-0.4, -0.2) is 23.4 Å². The SMILES string of the molecule is CCOc1ccc(Cl)c(/C(O)=C2\C(=O)C(=O)N(c3cccc(C)c3)C2c2cccc(C)c2)c1. The topological polar surface area (TPSA) is 66.8 Å². The Bertz CT molecular complexity index is 1280. The van der Waals surface area contributed by atoms with E-state index in [1.165, 1.54) is 4.90 Å². The highest BCUT2D eigenvalue weighted by atomic mass is 35.5. The van der Waals surface area contributed by atoms with Gasteiger partial charge in [0.15, 0.2) is 0 Å². The van der Waals surface area contributed by atoms with E-state index in [4.69, 9.17) is 16.3 Å². The summed E-state index contributed by atoms with van der Waals surface area (Å²) < 4.78 is 5.54. The Hall–Kier alpha value is -3.57. The third-order valence-corrected chi connectivity index (χ3v) is 5.92. The smallest absolute Gasteiger partial charge is 0.300 e. The fourth-order valence-electron chi connectivity index (χ4n) is 4.12. The number of nitrogens with zero attached hydrogens (tertiary/aromatic N) is 1. The van der Waals surface area contributed by atoms with Crippen LogP contribution in [0.1, 0.15) is 35.2 Å². The third kappa shape index (κ3) is 4.24. The molecule has 0 aliphatic carbocycles. The maximum atomic E-state index is 13.3. The van der Waals surface area contributed by atoms with E-state index in [-0.39, 0.29) is 21.9 Å². The number of aliphatic hydroxyl groups excluding tert-OH is 1. The lowest BCUT2D eigenvalue weighted by Crippen LogP contribution is -2.29. The maximum Gasteiger partial charge on any atom is 0.300 e. The summed E-state index contributed by atoms with van der Waals surface area (Å²) >= 11 is 6.39. The molecule has 3 aromatic carbocycles. The molecule has 3 aromatic rings. The number of rotatable bonds is 5. The van der Waals surface area contributed by atoms with Crippen LogP contribution in [0.3, 0.4) is 0 Å². The Morgan fingerprint density at radius 1 is 1.00 bits per heavy atom. The number of amides is 1. The summed E-state index contributed by atoms with van der Waals surface area (Å²) in [5, 5.41) is 11.6. The van der Waals surface area contributed by atoms with Gasteiger partial charge in [-0.05, 0) is 62.2 Å². The highest BCUT2D eigenvalue weighted by Gasteiger charge is 2.47. The molecule has 168 valence electrons. The van der Waals surface area contributed by atoms with Gasteiger partial charge in [-0.25, -0.2) is 0 Å². The van der Waals surface area contributed by atoms with Gasteiger partial charge in [0.2, 0.25) is 0 Å². The Balaban J connectivity index is 1.97. The van der Waals surface area contributed by atoms with Gasteiger partial charge in [-0.3, -0.25) is 14.5 Å². The number of ketones is 1. The summed E-state index contributed by atoms with van der Waals surface area (Å²) in [5.41, 5.74) is 3.44. The molecule has 33 heavy (non-hydrogen) atoms. The van der Waals surface area contributed by atoms with Crippen LogP contribution < -0.4 is 9.64 Å². The molecule has 0 radical (unpaired) electrons. The molecule has 1 amide bonds. The Kier molecular flexibility index (Phi) is 6.25. The summed E-state index contributed by atoms with van der Waals surface area (Å²) in [7, 11) is 0. The first-order chi connectivity index (χ1) is 15.8. The second kappa shape index (κ2) is 9.12. The number of aliphatic hydroxyl groups is 1. The van der Waals surface area contributed by atoms with Crippen molar-refractivity contribution in [3.8, 4) is 5.75 Å². The predicted octanol–water partition coefficient (Wildman–Crippen LogP) is 5.98. The van der Waals surface area contributed by atoms with Gasteiger partial charge >= 0.3 is 0 Å². The molecule has 1 saturated heterocycles. The highest BCUT2D eigenvalue weighted by molar-refractivity contribution is 6.52. The molecule has 1 aliphatic heterocycles. The van der Waals surface area contributed by atoms with E-state index in [0.717, 1.165) is 11.1 Å². The fraction of sp³-hybridized carbons (Fsp3) is 0.185. The van der Waals surface area contributed by atoms with E-state index in [2.05, 4.69) is 0 Å². The lowest BCUT2D eigenvalue weighted by molar-refractivity contribution is -0.132. The molecule has 1 fully saturated rings. The second-order valence-corrected chi connectivity index (χ2v) is 8.40. The van der Waals surface area contributed by atoms with E-state index in [9.17, 15) is 14.7 Å². The minimum atomic E-state index is -0.807. The zero-order valence-electron chi connectivity index (χ0n) is 18.6. The molecule has 0 spiro atoms. The zero-order valence-corrected chi connectivity index (χ0v) is 19.4. The first kappa shape index (κ1) is 22.6. The Morgan fingerprint density at radius 2 is 1.70 bits per heavy atom. The van der Waals surface area contributed by atoms with Gasteiger partial charge in [-0.2, -0.15) is 0 Å². The number of benzene rings is 3. The van der Waals surface area contributed by atoms with Crippen molar-refractivity contribution >= 4 is 34.7 Å². The minimum absolute atomic E-state index is 0.0114. The van der Waals surface area contributed by atoms with Gasteiger partial charge < -0.3 is 9.84 Å². The van der Waals surface area contributed by atoms with Crippen molar-refractivity contribution in [1.82, 2.24) is 0 Å². The van der Waals surface area contributed by atoms with E-state index >= 15 is 0 Å². The largest absolute Gasteiger partial charge is 0.507 e. The Labute approximate surface area is 197 Å². The third-order valence-electron chi connectivity index (χ3n) is 5.59. The monoisotopic (exact) mass is 461 g/mol. The standard InChI is InChI=1S/C27H24ClNO4/c1-4-33-20-11-12-22(28)21(15-20)25(30)23-24(18-9-5-7-16(2)13-18)29(27(32)26(23)31)19-10-6-8-17(3)14-19/h5-15,24,30H,4H2,1-3H3/b25-23+. The summed E-state index contributed by atoms with van der Waals surface area (Å²) in [4.78, 5) is 28.0. The summed E-state index contributed by atoms with van der Waals surface area (Å²) in [6, 6.07) is 19.0. The van der Waals surface area contributed by atoms with Crippen LogP contribution in [0.15, 0.2) is 72.3 Å². The predicted molar refractivity (Wildman–Crippen MR) is 130 cm³/mol. The highest BCUT2D eigenvalue weighted by Crippen LogP contribution is 2.43. The van der Waals surface area contributed by atoms with Gasteiger partial charge in [0, 0.05) is 11.3 Å². The molecule has 0 saturated carbocycles. The molecule has 1 unspecified atom stereocenters. The number of carbonyl (C=O) groups is 2. The molecule has 5 nitrogen and oxygen atoms in total. The summed E-state index contributed by atoms with van der Waals surface area (Å²) in [5.74, 6) is -1.30. The van der Waals surface area contributed by atoms with Gasteiger partial charge in [0.05, 0.1) is 23.2 Å². The maximum absolute atomic E-state index is 13.3. The molecule has 1 atom stereocenters. The van der Waals surface area contributed by atoms with Crippen molar-refractivity contribution in [2.24, 2.45) is 0 Å². The van der Waals surface area contributed by atoms with Crippen LogP contribution in [0.2, 0.25) is 5.02 Å². The molecule has 6 heteroatoms. The zero-order chi connectivity index (χ0) is 23.7. The van der Waals surface area contributed by atoms with Gasteiger partial charge in [0.25, 0.3) is 11.7 Å². The number of ether oxygens (including phenoxy) is 1. The lowest BCUT2D eigenvalue weighted by atomic mass is 9.94. The van der Waals surface area contributed by atoms with Gasteiger partial charge in [-0.1, -0.05) is 53.6 Å². The van der Waals surface area contributed by atoms with Crippen LogP contribution in [0, 0.1) is 13.8 Å². The van der Waals surface area contributed by atoms with E-state index in [1.807, 2.05) is 63.2 Å². The molecule has 1 aliphatic rings. The lowest BCUT2D eigenvalue weighted by Gasteiger charge is -2.26. The Morgan fingerprint density at radius 3 is 2.36 bits per heavy atom. The average molecular weight is 462 g/mol.